The number of para-hydroxylation sites is 1. The molecule has 0 bridgehead atoms. The lowest BCUT2D eigenvalue weighted by Crippen LogP contribution is -2.35. The van der Waals surface area contributed by atoms with Gasteiger partial charge in [0, 0.05) is 17.6 Å². The highest BCUT2D eigenvalue weighted by Gasteiger charge is 2.13. The predicted octanol–water partition coefficient (Wildman–Crippen LogP) is 4.71. The molecule has 0 amide bonds. The van der Waals surface area contributed by atoms with Gasteiger partial charge >= 0.3 is 0 Å². The van der Waals surface area contributed by atoms with Crippen LogP contribution in [0.4, 0.5) is 0 Å². The molecule has 0 saturated heterocycles. The second-order valence-electron chi connectivity index (χ2n) is 6.38. The highest BCUT2D eigenvalue weighted by atomic mass is 16.5. The molecule has 2 rings (SSSR count). The molecule has 1 atom stereocenters. The summed E-state index contributed by atoms with van der Waals surface area (Å²) in [4.78, 5) is 0. The Bertz CT molecular complexity index is 557. The molecule has 0 spiro atoms. The Morgan fingerprint density at radius 1 is 0.952 bits per heavy atom. The second kappa shape index (κ2) is 6.77. The molecule has 1 unspecified atom stereocenters. The lowest BCUT2D eigenvalue weighted by molar-refractivity contribution is 0.223. The van der Waals surface area contributed by atoms with Crippen LogP contribution in [-0.2, 0) is 6.54 Å². The molecule has 2 heteroatoms. The highest BCUT2D eigenvalue weighted by molar-refractivity contribution is 5.34. The maximum absolute atomic E-state index is 6.16. The summed E-state index contributed by atoms with van der Waals surface area (Å²) in [6, 6.07) is 18.5. The Balaban J connectivity index is 2.09. The van der Waals surface area contributed by atoms with Crippen LogP contribution in [0.15, 0.2) is 54.6 Å². The number of rotatable bonds is 5. The van der Waals surface area contributed by atoms with Gasteiger partial charge in [-0.05, 0) is 39.3 Å². The van der Waals surface area contributed by atoms with Crippen LogP contribution in [0.25, 0.3) is 0 Å². The molecule has 2 aromatic rings. The third kappa shape index (κ3) is 4.91. The number of hydrogen-bond acceptors (Lipinski definition) is 2. The summed E-state index contributed by atoms with van der Waals surface area (Å²) in [7, 11) is 0. The first-order valence-corrected chi connectivity index (χ1v) is 7.50. The molecule has 0 radical (unpaired) electrons. The summed E-state index contributed by atoms with van der Waals surface area (Å²) >= 11 is 0. The molecule has 2 nitrogen and oxygen atoms in total. The Morgan fingerprint density at radius 3 is 2.24 bits per heavy atom. The van der Waals surface area contributed by atoms with Crippen molar-refractivity contribution in [3.63, 3.8) is 0 Å². The van der Waals surface area contributed by atoms with Gasteiger partial charge in [0.2, 0.25) is 0 Å². The van der Waals surface area contributed by atoms with E-state index in [0.717, 1.165) is 12.3 Å². The molecule has 0 aromatic heterocycles. The Labute approximate surface area is 128 Å². The summed E-state index contributed by atoms with van der Waals surface area (Å²) in [6.45, 7) is 9.40. The van der Waals surface area contributed by atoms with Gasteiger partial charge in [-0.15, -0.1) is 0 Å². The van der Waals surface area contributed by atoms with E-state index >= 15 is 0 Å². The van der Waals surface area contributed by atoms with Crippen LogP contribution < -0.4 is 10.1 Å². The maximum atomic E-state index is 6.16. The van der Waals surface area contributed by atoms with Gasteiger partial charge in [0.05, 0.1) is 0 Å². The molecule has 0 aliphatic heterocycles. The van der Waals surface area contributed by atoms with Crippen LogP contribution in [0.1, 0.15) is 44.9 Å². The van der Waals surface area contributed by atoms with E-state index in [-0.39, 0.29) is 11.6 Å². The van der Waals surface area contributed by atoms with Crippen molar-refractivity contribution in [2.24, 2.45) is 0 Å². The van der Waals surface area contributed by atoms with E-state index in [1.807, 2.05) is 30.3 Å². The van der Waals surface area contributed by atoms with Crippen LogP contribution in [-0.4, -0.2) is 5.54 Å². The zero-order chi connectivity index (χ0) is 15.3. The number of hydrogen-bond donors (Lipinski definition) is 1. The zero-order valence-corrected chi connectivity index (χ0v) is 13.4. The monoisotopic (exact) mass is 283 g/mol. The molecular formula is C19H25NO. The van der Waals surface area contributed by atoms with Crippen molar-refractivity contribution in [1.82, 2.24) is 5.32 Å². The molecule has 0 fully saturated rings. The quantitative estimate of drug-likeness (QED) is 0.857. The van der Waals surface area contributed by atoms with E-state index in [2.05, 4.69) is 57.3 Å². The first-order valence-electron chi connectivity index (χ1n) is 7.50. The molecule has 0 aliphatic carbocycles. The third-order valence-corrected chi connectivity index (χ3v) is 3.35. The molecular weight excluding hydrogens is 258 g/mol. The van der Waals surface area contributed by atoms with E-state index in [4.69, 9.17) is 4.74 Å². The second-order valence-corrected chi connectivity index (χ2v) is 6.38. The van der Waals surface area contributed by atoms with Crippen molar-refractivity contribution in [3.05, 3.63) is 65.7 Å². The minimum Gasteiger partial charge on any atom is -0.486 e. The summed E-state index contributed by atoms with van der Waals surface area (Å²) in [5.41, 5.74) is 2.48. The average molecular weight is 283 g/mol. The van der Waals surface area contributed by atoms with Gasteiger partial charge in [-0.1, -0.05) is 48.5 Å². The van der Waals surface area contributed by atoms with Crippen molar-refractivity contribution in [2.75, 3.05) is 0 Å². The van der Waals surface area contributed by atoms with Crippen molar-refractivity contribution in [1.29, 1.82) is 0 Å². The fraction of sp³-hybridized carbons (Fsp3) is 0.368. The lowest BCUT2D eigenvalue weighted by atomic mass is 10.1. The van der Waals surface area contributed by atoms with Gasteiger partial charge in [-0.3, -0.25) is 0 Å². The van der Waals surface area contributed by atoms with Gasteiger partial charge < -0.3 is 10.1 Å². The number of benzene rings is 2. The zero-order valence-electron chi connectivity index (χ0n) is 13.4. The van der Waals surface area contributed by atoms with Crippen molar-refractivity contribution in [3.8, 4) is 5.75 Å². The SMILES string of the molecule is CC(Oc1ccccc1CNC(C)(C)C)c1ccccc1. The summed E-state index contributed by atoms with van der Waals surface area (Å²) in [5.74, 6) is 0.950. The molecule has 0 aliphatic rings. The highest BCUT2D eigenvalue weighted by Crippen LogP contribution is 2.25. The Kier molecular flexibility index (Phi) is 5.03. The molecule has 0 heterocycles. The van der Waals surface area contributed by atoms with E-state index in [0.29, 0.717) is 0 Å². The minimum atomic E-state index is 0.0435. The van der Waals surface area contributed by atoms with E-state index in [1.54, 1.807) is 0 Å². The number of nitrogens with one attached hydrogen (secondary N) is 1. The van der Waals surface area contributed by atoms with Gasteiger partial charge in [-0.25, -0.2) is 0 Å². The number of ether oxygens (including phenoxy) is 1. The van der Waals surface area contributed by atoms with Gasteiger partial charge in [0.15, 0.2) is 0 Å². The van der Waals surface area contributed by atoms with Gasteiger partial charge in [-0.2, -0.15) is 0 Å². The van der Waals surface area contributed by atoms with Crippen LogP contribution in [0.2, 0.25) is 0 Å². The predicted molar refractivity (Wildman–Crippen MR) is 88.5 cm³/mol. The Hall–Kier alpha value is -1.80. The smallest absolute Gasteiger partial charge is 0.124 e. The topological polar surface area (TPSA) is 21.3 Å². The third-order valence-electron chi connectivity index (χ3n) is 3.35. The lowest BCUT2D eigenvalue weighted by Gasteiger charge is -2.23. The molecule has 21 heavy (non-hydrogen) atoms. The summed E-state index contributed by atoms with van der Waals surface area (Å²) < 4.78 is 6.16. The van der Waals surface area contributed by atoms with Crippen LogP contribution in [0.5, 0.6) is 5.75 Å². The molecule has 1 N–H and O–H groups in total. The van der Waals surface area contributed by atoms with E-state index in [1.165, 1.54) is 11.1 Å². The van der Waals surface area contributed by atoms with Gasteiger partial charge in [0.1, 0.15) is 11.9 Å². The standard InChI is InChI=1S/C19H25NO/c1-15(16-10-6-5-7-11-16)21-18-13-9-8-12-17(18)14-20-19(2,3)4/h5-13,15,20H,14H2,1-4H3. The van der Waals surface area contributed by atoms with Crippen molar-refractivity contribution in [2.45, 2.75) is 45.9 Å². The van der Waals surface area contributed by atoms with Crippen LogP contribution >= 0.6 is 0 Å². The summed E-state index contributed by atoms with van der Waals surface area (Å²) in [6.07, 6.45) is 0.0435. The largest absolute Gasteiger partial charge is 0.486 e. The fourth-order valence-electron chi connectivity index (χ4n) is 2.11. The fourth-order valence-corrected chi connectivity index (χ4v) is 2.11. The maximum Gasteiger partial charge on any atom is 0.124 e. The first-order chi connectivity index (χ1) is 9.96. The minimum absolute atomic E-state index is 0.0435. The van der Waals surface area contributed by atoms with Crippen molar-refractivity contribution < 1.29 is 4.74 Å². The Morgan fingerprint density at radius 2 is 1.57 bits per heavy atom. The van der Waals surface area contributed by atoms with Crippen molar-refractivity contribution >= 4 is 0 Å². The summed E-state index contributed by atoms with van der Waals surface area (Å²) in [5, 5.41) is 3.51. The van der Waals surface area contributed by atoms with Crippen LogP contribution in [0.3, 0.4) is 0 Å². The van der Waals surface area contributed by atoms with E-state index < -0.39 is 0 Å². The van der Waals surface area contributed by atoms with Crippen LogP contribution in [0, 0.1) is 0 Å². The molecule has 0 saturated carbocycles. The normalized spacial score (nSPS) is 13.0. The van der Waals surface area contributed by atoms with E-state index in [9.17, 15) is 0 Å². The average Bonchev–Trinajstić information content (AvgIpc) is 2.46. The molecule has 112 valence electrons. The van der Waals surface area contributed by atoms with Gasteiger partial charge in [0.25, 0.3) is 0 Å². The first kappa shape index (κ1) is 15.6. The molecule has 2 aromatic carbocycles.